The largest absolute Gasteiger partial charge is 0.394 e. The lowest BCUT2D eigenvalue weighted by Crippen LogP contribution is -2.33. The van der Waals surface area contributed by atoms with Gasteiger partial charge in [0.15, 0.2) is 6.29 Å². The maximum absolute atomic E-state index is 8.93. The smallest absolute Gasteiger partial charge is 0.184 e. The van der Waals surface area contributed by atoms with Crippen LogP contribution in [0.5, 0.6) is 0 Å². The Labute approximate surface area is 57.5 Å². The van der Waals surface area contributed by atoms with Crippen molar-refractivity contribution in [2.24, 2.45) is 0 Å². The number of hydrogen-bond acceptors (Lipinski definition) is 5. The average molecular weight is 150 g/mol. The molecule has 0 aromatic heterocycles. The molecule has 0 aliphatic carbocycles. The van der Waals surface area contributed by atoms with Crippen LogP contribution in [0.2, 0.25) is 0 Å². The second kappa shape index (κ2) is 2.81. The summed E-state index contributed by atoms with van der Waals surface area (Å²) < 4.78 is 4.54. The van der Waals surface area contributed by atoms with Crippen LogP contribution in [0.25, 0.3) is 0 Å². The summed E-state index contributed by atoms with van der Waals surface area (Å²) in [7, 11) is 0. The Kier molecular flexibility index (Phi) is 2.22. The van der Waals surface area contributed by atoms with Gasteiger partial charge >= 0.3 is 0 Å². The molecule has 1 unspecified atom stereocenters. The minimum atomic E-state index is -1.38. The minimum Gasteiger partial charge on any atom is -0.394 e. The zero-order valence-corrected chi connectivity index (χ0v) is 5.21. The predicted molar refractivity (Wildman–Crippen MR) is 30.0 cm³/mol. The molecular weight excluding hydrogens is 140 g/mol. The molecule has 5 nitrogen and oxygen atoms in total. The van der Waals surface area contributed by atoms with Crippen molar-refractivity contribution in [2.45, 2.75) is 24.6 Å². The maximum atomic E-state index is 8.93. The Morgan fingerprint density at radius 1 is 1.10 bits per heavy atom. The first-order chi connectivity index (χ1) is 4.66. The van der Waals surface area contributed by atoms with Gasteiger partial charge in [-0.05, 0) is 0 Å². The molecule has 0 radical (unpaired) electrons. The Balaban J connectivity index is 2.53. The first-order valence-corrected chi connectivity index (χ1v) is 2.97. The molecule has 1 saturated heterocycles. The van der Waals surface area contributed by atoms with Gasteiger partial charge in [-0.2, -0.15) is 0 Å². The van der Waals surface area contributed by atoms with Gasteiger partial charge in [0.05, 0.1) is 6.61 Å². The summed E-state index contributed by atoms with van der Waals surface area (Å²) in [6.45, 7) is -0.407. The lowest BCUT2D eigenvalue weighted by molar-refractivity contribution is -0.132. The van der Waals surface area contributed by atoms with E-state index < -0.39 is 31.2 Å². The van der Waals surface area contributed by atoms with Gasteiger partial charge in [-0.3, -0.25) is 0 Å². The van der Waals surface area contributed by atoms with Crippen LogP contribution in [0.3, 0.4) is 0 Å². The minimum absolute atomic E-state index is 0.407. The molecule has 0 bridgehead atoms. The van der Waals surface area contributed by atoms with E-state index in [0.29, 0.717) is 0 Å². The van der Waals surface area contributed by atoms with Crippen LogP contribution in [0.4, 0.5) is 0 Å². The monoisotopic (exact) mass is 150 g/mol. The quantitative estimate of drug-likeness (QED) is 0.329. The molecule has 10 heavy (non-hydrogen) atoms. The van der Waals surface area contributed by atoms with Gasteiger partial charge in [-0.1, -0.05) is 0 Å². The summed E-state index contributed by atoms with van der Waals surface area (Å²) in [6, 6.07) is 0. The summed E-state index contributed by atoms with van der Waals surface area (Å²) in [5.41, 5.74) is 0. The molecule has 1 aliphatic rings. The molecular formula is C5H10O5. The second-order valence-electron chi connectivity index (χ2n) is 2.23. The maximum Gasteiger partial charge on any atom is 0.184 e. The third-order valence-corrected chi connectivity index (χ3v) is 1.52. The van der Waals surface area contributed by atoms with Crippen LogP contribution in [-0.2, 0) is 4.74 Å². The fourth-order valence-electron chi connectivity index (χ4n) is 0.880. The van der Waals surface area contributed by atoms with Crippen LogP contribution < -0.4 is 0 Å². The third-order valence-electron chi connectivity index (χ3n) is 1.52. The molecule has 60 valence electrons. The predicted octanol–water partition coefficient (Wildman–Crippen LogP) is -2.58. The van der Waals surface area contributed by atoms with Crippen molar-refractivity contribution < 1.29 is 25.2 Å². The number of ether oxygens (including phenoxy) is 1. The molecule has 0 aromatic carbocycles. The molecule has 0 amide bonds. The highest BCUT2D eigenvalue weighted by Gasteiger charge is 2.41. The number of aliphatic hydroxyl groups is 4. The fourth-order valence-corrected chi connectivity index (χ4v) is 0.880. The molecule has 4 N–H and O–H groups in total. The summed E-state index contributed by atoms with van der Waals surface area (Å²) in [4.78, 5) is 0. The zero-order chi connectivity index (χ0) is 7.72. The second-order valence-corrected chi connectivity index (χ2v) is 2.23. The van der Waals surface area contributed by atoms with E-state index in [1.165, 1.54) is 0 Å². The van der Waals surface area contributed by atoms with Crippen molar-refractivity contribution in [3.05, 3.63) is 0 Å². The van der Waals surface area contributed by atoms with Crippen LogP contribution in [0.1, 0.15) is 0 Å². The normalized spacial score (nSPS) is 48.0. The number of hydrogen-bond donors (Lipinski definition) is 4. The highest BCUT2D eigenvalue weighted by molar-refractivity contribution is 4.84. The summed E-state index contributed by atoms with van der Waals surface area (Å²) >= 11 is 0. The summed E-state index contributed by atoms with van der Waals surface area (Å²) in [5, 5.41) is 35.0. The van der Waals surface area contributed by atoms with Gasteiger partial charge in [0.25, 0.3) is 0 Å². The number of aliphatic hydroxyl groups excluding tert-OH is 4. The number of rotatable bonds is 1. The Morgan fingerprint density at radius 3 is 1.90 bits per heavy atom. The van der Waals surface area contributed by atoms with Crippen molar-refractivity contribution >= 4 is 0 Å². The van der Waals surface area contributed by atoms with Gasteiger partial charge in [-0.15, -0.1) is 0 Å². The van der Waals surface area contributed by atoms with E-state index in [2.05, 4.69) is 4.74 Å². The van der Waals surface area contributed by atoms with Crippen LogP contribution in [-0.4, -0.2) is 51.6 Å². The van der Waals surface area contributed by atoms with Crippen molar-refractivity contribution in [1.82, 2.24) is 0 Å². The summed E-state index contributed by atoms with van der Waals surface area (Å²) in [6.07, 6.45) is -4.76. The Morgan fingerprint density at radius 2 is 1.70 bits per heavy atom. The van der Waals surface area contributed by atoms with E-state index in [9.17, 15) is 0 Å². The molecule has 1 heterocycles. The molecule has 4 atom stereocenters. The SMILES string of the molecule is OCC1O[C@@H](O)[C@H](O)[C@@H]1O. The molecule has 5 heteroatoms. The van der Waals surface area contributed by atoms with E-state index in [1.54, 1.807) is 0 Å². The first kappa shape index (κ1) is 7.90. The van der Waals surface area contributed by atoms with Gasteiger partial charge in [0.1, 0.15) is 18.3 Å². The highest BCUT2D eigenvalue weighted by Crippen LogP contribution is 2.18. The fraction of sp³-hybridized carbons (Fsp3) is 1.00. The van der Waals surface area contributed by atoms with E-state index >= 15 is 0 Å². The van der Waals surface area contributed by atoms with Crippen LogP contribution >= 0.6 is 0 Å². The van der Waals surface area contributed by atoms with Crippen LogP contribution in [0, 0.1) is 0 Å². The van der Waals surface area contributed by atoms with E-state index in [1.807, 2.05) is 0 Å². The topological polar surface area (TPSA) is 90.2 Å². The average Bonchev–Trinajstić information content (AvgIpc) is 2.17. The summed E-state index contributed by atoms with van der Waals surface area (Å²) in [5.74, 6) is 0. The van der Waals surface area contributed by atoms with Crippen molar-refractivity contribution in [1.29, 1.82) is 0 Å². The molecule has 1 aliphatic heterocycles. The van der Waals surface area contributed by atoms with Crippen molar-refractivity contribution in [3.63, 3.8) is 0 Å². The van der Waals surface area contributed by atoms with E-state index in [0.717, 1.165) is 0 Å². The molecule has 0 aromatic rings. The third kappa shape index (κ3) is 1.14. The molecule has 0 spiro atoms. The van der Waals surface area contributed by atoms with Gasteiger partial charge < -0.3 is 25.2 Å². The van der Waals surface area contributed by atoms with Crippen molar-refractivity contribution in [3.8, 4) is 0 Å². The lowest BCUT2D eigenvalue weighted by atomic mass is 10.1. The van der Waals surface area contributed by atoms with Crippen LogP contribution in [0.15, 0.2) is 0 Å². The zero-order valence-electron chi connectivity index (χ0n) is 5.21. The van der Waals surface area contributed by atoms with Gasteiger partial charge in [0.2, 0.25) is 0 Å². The standard InChI is InChI=1S/C5H10O5/c6-1-2-3(7)4(8)5(9)10-2/h2-9H,1H2/t2?,3-,4-,5-/m1/s1. The van der Waals surface area contributed by atoms with E-state index in [-0.39, 0.29) is 0 Å². The molecule has 1 rings (SSSR count). The van der Waals surface area contributed by atoms with Gasteiger partial charge in [-0.25, -0.2) is 0 Å². The van der Waals surface area contributed by atoms with E-state index in [4.69, 9.17) is 20.4 Å². The molecule has 0 saturated carbocycles. The van der Waals surface area contributed by atoms with Gasteiger partial charge in [0, 0.05) is 0 Å². The highest BCUT2D eigenvalue weighted by atomic mass is 16.6. The lowest BCUT2D eigenvalue weighted by Gasteiger charge is -2.09. The Hall–Kier alpha value is -0.200. The van der Waals surface area contributed by atoms with Crippen molar-refractivity contribution in [2.75, 3.05) is 6.61 Å². The molecule has 1 fully saturated rings. The Bertz CT molecular complexity index is 117. The first-order valence-electron chi connectivity index (χ1n) is 2.97.